The minimum atomic E-state index is -0.404. The van der Waals surface area contributed by atoms with Crippen LogP contribution in [0, 0.1) is 31.3 Å². The van der Waals surface area contributed by atoms with E-state index >= 15 is 0 Å². The van der Waals surface area contributed by atoms with E-state index in [1.807, 2.05) is 11.6 Å². The Kier molecular flexibility index (Phi) is 4.17. The zero-order valence-electron chi connectivity index (χ0n) is 12.2. The van der Waals surface area contributed by atoms with Gasteiger partial charge in [0.15, 0.2) is 5.69 Å². The second kappa shape index (κ2) is 5.55. The number of esters is 1. The summed E-state index contributed by atoms with van der Waals surface area (Å²) in [4.78, 5) is 11.8. The number of nitrogens with zero attached hydrogens (tertiary/aromatic N) is 2. The number of benzene rings is 1. The maximum atomic E-state index is 11.8. The smallest absolute Gasteiger partial charge is 0.359 e. The molecule has 0 bridgehead atoms. The lowest BCUT2D eigenvalue weighted by molar-refractivity contribution is 0.0592. The molecule has 0 radical (unpaired) electrons. The lowest BCUT2D eigenvalue weighted by Crippen LogP contribution is -2.07. The first-order valence-electron chi connectivity index (χ1n) is 6.28. The van der Waals surface area contributed by atoms with Gasteiger partial charge in [-0.05, 0) is 61.4 Å². The Bertz CT molecular complexity index is 666. The fourth-order valence-corrected chi connectivity index (χ4v) is 2.99. The molecule has 2 aromatic rings. The largest absolute Gasteiger partial charge is 0.464 e. The van der Waals surface area contributed by atoms with E-state index in [4.69, 9.17) is 4.74 Å². The van der Waals surface area contributed by atoms with E-state index in [9.17, 15) is 4.79 Å². The number of aromatic nitrogens is 2. The van der Waals surface area contributed by atoms with Crippen molar-refractivity contribution in [1.82, 2.24) is 9.78 Å². The molecule has 1 aromatic carbocycles. The maximum Gasteiger partial charge on any atom is 0.359 e. The van der Waals surface area contributed by atoms with E-state index in [1.165, 1.54) is 12.7 Å². The Balaban J connectivity index is 2.69. The van der Waals surface area contributed by atoms with Crippen LogP contribution < -0.4 is 0 Å². The Labute approximate surface area is 132 Å². The molecule has 0 saturated heterocycles. The first-order chi connectivity index (χ1) is 9.36. The van der Waals surface area contributed by atoms with Crippen LogP contribution in [0.15, 0.2) is 12.1 Å². The molecule has 20 heavy (non-hydrogen) atoms. The van der Waals surface area contributed by atoms with Gasteiger partial charge < -0.3 is 4.74 Å². The average molecular weight is 384 g/mol. The van der Waals surface area contributed by atoms with Gasteiger partial charge in [0.05, 0.1) is 22.1 Å². The summed E-state index contributed by atoms with van der Waals surface area (Å²) in [6.45, 7) is 8.14. The highest BCUT2D eigenvalue weighted by molar-refractivity contribution is 14.1. The molecule has 4 nitrogen and oxygen atoms in total. The third-order valence-electron chi connectivity index (χ3n) is 3.27. The predicted molar refractivity (Wildman–Crippen MR) is 86.6 cm³/mol. The lowest BCUT2D eigenvalue weighted by atomic mass is 10.1. The van der Waals surface area contributed by atoms with E-state index < -0.39 is 5.97 Å². The summed E-state index contributed by atoms with van der Waals surface area (Å²) < 4.78 is 7.44. The van der Waals surface area contributed by atoms with Gasteiger partial charge >= 0.3 is 5.97 Å². The van der Waals surface area contributed by atoms with Gasteiger partial charge in [0.2, 0.25) is 0 Å². The molecular weight excluding hydrogens is 367 g/mol. The number of rotatable bonds is 2. The number of aryl methyl sites for hydroxylation is 3. The molecule has 0 saturated carbocycles. The molecule has 0 amide bonds. The summed E-state index contributed by atoms with van der Waals surface area (Å²) in [6.07, 6.45) is 0. The molecule has 0 aliphatic rings. The van der Waals surface area contributed by atoms with Crippen molar-refractivity contribution in [2.45, 2.75) is 27.7 Å². The van der Waals surface area contributed by atoms with Gasteiger partial charge in [0.1, 0.15) is 0 Å². The second-order valence-corrected chi connectivity index (χ2v) is 5.98. The van der Waals surface area contributed by atoms with Crippen LogP contribution in [0.25, 0.3) is 5.69 Å². The fourth-order valence-electron chi connectivity index (χ4n) is 2.43. The van der Waals surface area contributed by atoms with Crippen LogP contribution in [0.1, 0.15) is 32.9 Å². The third-order valence-corrected chi connectivity index (χ3v) is 4.56. The number of methoxy groups -OCH3 is 1. The highest BCUT2D eigenvalue weighted by atomic mass is 127. The Morgan fingerprint density at radius 1 is 1.20 bits per heavy atom. The summed E-state index contributed by atoms with van der Waals surface area (Å²) >= 11 is 2.14. The van der Waals surface area contributed by atoms with Gasteiger partial charge in [0.25, 0.3) is 0 Å². The Hall–Kier alpha value is -1.37. The second-order valence-electron chi connectivity index (χ2n) is 4.90. The number of ether oxygens (including phenoxy) is 1. The molecule has 0 aliphatic carbocycles. The van der Waals surface area contributed by atoms with E-state index in [0.717, 1.165) is 26.1 Å². The zero-order valence-corrected chi connectivity index (χ0v) is 14.4. The first-order valence-corrected chi connectivity index (χ1v) is 7.36. The molecule has 0 atom stereocenters. The molecule has 0 N–H and O–H groups in total. The van der Waals surface area contributed by atoms with E-state index in [2.05, 4.69) is 60.6 Å². The van der Waals surface area contributed by atoms with Crippen molar-refractivity contribution in [3.63, 3.8) is 0 Å². The van der Waals surface area contributed by atoms with Gasteiger partial charge in [-0.25, -0.2) is 9.48 Å². The van der Waals surface area contributed by atoms with Gasteiger partial charge in [-0.3, -0.25) is 0 Å². The zero-order chi connectivity index (χ0) is 15.0. The molecule has 0 spiro atoms. The van der Waals surface area contributed by atoms with Gasteiger partial charge in [-0.1, -0.05) is 17.7 Å². The minimum Gasteiger partial charge on any atom is -0.464 e. The monoisotopic (exact) mass is 384 g/mol. The minimum absolute atomic E-state index is 0.366. The average Bonchev–Trinajstić information content (AvgIpc) is 2.65. The molecule has 106 valence electrons. The van der Waals surface area contributed by atoms with E-state index in [-0.39, 0.29) is 0 Å². The molecule has 0 fully saturated rings. The quantitative estimate of drug-likeness (QED) is 0.588. The molecule has 1 heterocycles. The van der Waals surface area contributed by atoms with Crippen molar-refractivity contribution in [3.8, 4) is 5.69 Å². The van der Waals surface area contributed by atoms with Crippen molar-refractivity contribution in [2.24, 2.45) is 0 Å². The van der Waals surface area contributed by atoms with E-state index in [1.54, 1.807) is 0 Å². The highest BCUT2D eigenvalue weighted by Crippen LogP contribution is 2.26. The first kappa shape index (κ1) is 15.0. The standard InChI is InChI=1S/C15H17IN2O2/c1-8-6-9(2)14(10(3)7-8)18-11(4)12(16)13(17-18)15(19)20-5/h6-7H,1-5H3. The number of hydrogen-bond donors (Lipinski definition) is 0. The van der Waals surface area contributed by atoms with Crippen molar-refractivity contribution in [2.75, 3.05) is 7.11 Å². The van der Waals surface area contributed by atoms with Crippen LogP contribution in [0.2, 0.25) is 0 Å². The Morgan fingerprint density at radius 3 is 2.25 bits per heavy atom. The van der Waals surface area contributed by atoms with Crippen LogP contribution in [0.4, 0.5) is 0 Å². The normalized spacial score (nSPS) is 10.7. The summed E-state index contributed by atoms with van der Waals surface area (Å²) in [7, 11) is 1.37. The molecule has 2 rings (SSSR count). The van der Waals surface area contributed by atoms with Crippen LogP contribution >= 0.6 is 22.6 Å². The van der Waals surface area contributed by atoms with Gasteiger partial charge in [-0.2, -0.15) is 5.10 Å². The van der Waals surface area contributed by atoms with Crippen LogP contribution in [-0.4, -0.2) is 22.9 Å². The van der Waals surface area contributed by atoms with Gasteiger partial charge in [-0.15, -0.1) is 0 Å². The lowest BCUT2D eigenvalue weighted by Gasteiger charge is -2.13. The van der Waals surface area contributed by atoms with Crippen molar-refractivity contribution < 1.29 is 9.53 Å². The summed E-state index contributed by atoms with van der Waals surface area (Å²) in [5.74, 6) is -0.404. The third kappa shape index (κ3) is 2.46. The van der Waals surface area contributed by atoms with Crippen LogP contribution in [0.5, 0.6) is 0 Å². The molecule has 0 aliphatic heterocycles. The number of halogens is 1. The molecule has 5 heteroatoms. The van der Waals surface area contributed by atoms with Crippen molar-refractivity contribution >= 4 is 28.6 Å². The summed E-state index contributed by atoms with van der Waals surface area (Å²) in [5.41, 5.74) is 5.84. The number of carbonyl (C=O) groups is 1. The molecule has 1 aromatic heterocycles. The SMILES string of the molecule is COC(=O)c1nn(-c2c(C)cc(C)cc2C)c(C)c1I. The number of carbonyl (C=O) groups excluding carboxylic acids is 1. The fraction of sp³-hybridized carbons (Fsp3) is 0.333. The summed E-state index contributed by atoms with van der Waals surface area (Å²) in [6, 6.07) is 4.24. The molecular formula is C15H17IN2O2. The Morgan fingerprint density at radius 2 is 1.75 bits per heavy atom. The van der Waals surface area contributed by atoms with E-state index in [0.29, 0.717) is 5.69 Å². The van der Waals surface area contributed by atoms with Crippen LogP contribution in [-0.2, 0) is 4.74 Å². The molecule has 0 unspecified atom stereocenters. The van der Waals surface area contributed by atoms with Crippen molar-refractivity contribution in [3.05, 3.63) is 43.8 Å². The highest BCUT2D eigenvalue weighted by Gasteiger charge is 2.21. The predicted octanol–water partition coefficient (Wildman–Crippen LogP) is 3.50. The summed E-state index contributed by atoms with van der Waals surface area (Å²) in [5, 5.41) is 4.44. The maximum absolute atomic E-state index is 11.8. The number of hydrogen-bond acceptors (Lipinski definition) is 3. The van der Waals surface area contributed by atoms with Crippen LogP contribution in [0.3, 0.4) is 0 Å². The topological polar surface area (TPSA) is 44.1 Å². The van der Waals surface area contributed by atoms with Crippen molar-refractivity contribution in [1.29, 1.82) is 0 Å². The van der Waals surface area contributed by atoms with Gasteiger partial charge in [0, 0.05) is 0 Å².